The lowest BCUT2D eigenvalue weighted by Gasteiger charge is -2.29. The summed E-state index contributed by atoms with van der Waals surface area (Å²) < 4.78 is 39.7. The number of nitrogens with one attached hydrogen (secondary N) is 2. The molecule has 16 heteroatoms. The number of ketones is 1. The zero-order valence-corrected chi connectivity index (χ0v) is 30.6. The molecule has 1 aromatic carbocycles. The number of sulfonamides is 1. The molecule has 282 valence electrons. The fourth-order valence-electron chi connectivity index (χ4n) is 7.81. The third-order valence-corrected chi connectivity index (χ3v) is 12.8. The molecule has 3 aromatic heterocycles. The van der Waals surface area contributed by atoms with Gasteiger partial charge in [-0.05, 0) is 62.8 Å². The van der Waals surface area contributed by atoms with Crippen molar-refractivity contribution in [3.63, 3.8) is 0 Å². The zero-order valence-electron chi connectivity index (χ0n) is 29.8. The molecule has 0 spiro atoms. The number of carbonyl (C=O) groups is 4. The lowest BCUT2D eigenvalue weighted by atomic mass is 9.91. The summed E-state index contributed by atoms with van der Waals surface area (Å²) >= 11 is 0. The van der Waals surface area contributed by atoms with Gasteiger partial charge < -0.3 is 19.5 Å². The van der Waals surface area contributed by atoms with Crippen molar-refractivity contribution in [2.75, 3.05) is 6.54 Å². The predicted octanol–water partition coefficient (Wildman–Crippen LogP) is 3.72. The molecule has 5 atom stereocenters. The Labute approximate surface area is 311 Å². The Morgan fingerprint density at radius 3 is 2.65 bits per heavy atom. The van der Waals surface area contributed by atoms with Gasteiger partial charge in [-0.1, -0.05) is 48.3 Å². The van der Waals surface area contributed by atoms with Crippen LogP contribution in [0.3, 0.4) is 0 Å². The minimum absolute atomic E-state index is 0.00108. The van der Waals surface area contributed by atoms with E-state index in [2.05, 4.69) is 30.1 Å². The van der Waals surface area contributed by atoms with Crippen LogP contribution >= 0.6 is 0 Å². The Morgan fingerprint density at radius 2 is 1.87 bits per heavy atom. The molecule has 15 nitrogen and oxygen atoms in total. The van der Waals surface area contributed by atoms with Crippen molar-refractivity contribution in [3.8, 4) is 5.88 Å². The van der Waals surface area contributed by atoms with Gasteiger partial charge in [0.1, 0.15) is 24.2 Å². The summed E-state index contributed by atoms with van der Waals surface area (Å²) in [6.45, 7) is 1.66. The second-order valence-corrected chi connectivity index (χ2v) is 16.9. The highest BCUT2D eigenvalue weighted by molar-refractivity contribution is 7.90. The van der Waals surface area contributed by atoms with Gasteiger partial charge >= 0.3 is 0 Å². The summed E-state index contributed by atoms with van der Waals surface area (Å²) in [7, 11) is -3.86. The fourth-order valence-corrected chi connectivity index (χ4v) is 9.19. The lowest BCUT2D eigenvalue weighted by Crippen LogP contribution is -2.52. The Bertz CT molecular complexity index is 2290. The highest BCUT2D eigenvalue weighted by atomic mass is 32.2. The van der Waals surface area contributed by atoms with Crippen molar-refractivity contribution in [2.24, 2.45) is 11.3 Å². The maximum absolute atomic E-state index is 14.6. The van der Waals surface area contributed by atoms with Gasteiger partial charge in [-0.2, -0.15) is 4.98 Å². The number of amides is 3. The van der Waals surface area contributed by atoms with Gasteiger partial charge in [-0.3, -0.25) is 23.9 Å². The first-order valence-electron chi connectivity index (χ1n) is 18.5. The van der Waals surface area contributed by atoms with Crippen LogP contribution in [0.1, 0.15) is 80.5 Å². The SMILES string of the molecule is Cc1cc(C(=O)N[C@H]2CCCCC/C=C\[C@@H]3C[C@@]3(C(=O)NS(=O)(=O)C3CC3)CC(=O)[C@@H]3C[C@@H](Oc4nc5ncncc5c5ccccc45)CN3C2=O)no1. The second-order valence-electron chi connectivity index (χ2n) is 14.9. The van der Waals surface area contributed by atoms with Crippen molar-refractivity contribution in [3.05, 3.63) is 66.5 Å². The summed E-state index contributed by atoms with van der Waals surface area (Å²) in [4.78, 5) is 70.8. The van der Waals surface area contributed by atoms with Gasteiger partial charge in [0.25, 0.3) is 5.91 Å². The van der Waals surface area contributed by atoms with Crippen molar-refractivity contribution in [1.82, 2.24) is 35.0 Å². The number of aryl methyl sites for hydroxylation is 1. The molecule has 4 aliphatic rings. The lowest BCUT2D eigenvalue weighted by molar-refractivity contribution is -0.140. The first-order chi connectivity index (χ1) is 26.0. The number of ether oxygens (including phenoxy) is 1. The van der Waals surface area contributed by atoms with Gasteiger partial charge in [0.15, 0.2) is 17.1 Å². The van der Waals surface area contributed by atoms with E-state index in [1.165, 1.54) is 17.3 Å². The van der Waals surface area contributed by atoms with Crippen molar-refractivity contribution in [1.29, 1.82) is 0 Å². The van der Waals surface area contributed by atoms with E-state index in [1.807, 2.05) is 36.4 Å². The highest BCUT2D eigenvalue weighted by Crippen LogP contribution is 2.57. The van der Waals surface area contributed by atoms with Gasteiger partial charge in [-0.25, -0.2) is 18.4 Å². The van der Waals surface area contributed by atoms with Crippen LogP contribution in [0.2, 0.25) is 0 Å². The van der Waals surface area contributed by atoms with E-state index in [1.54, 1.807) is 13.1 Å². The monoisotopic (exact) mass is 755 g/mol. The summed E-state index contributed by atoms with van der Waals surface area (Å²) in [6, 6.07) is 7.00. The van der Waals surface area contributed by atoms with E-state index >= 15 is 0 Å². The molecule has 5 heterocycles. The summed E-state index contributed by atoms with van der Waals surface area (Å²) in [6.07, 6.45) is 10.6. The Balaban J connectivity index is 1.12. The number of aromatic nitrogens is 4. The normalized spacial score (nSPS) is 27.0. The van der Waals surface area contributed by atoms with E-state index in [9.17, 15) is 27.6 Å². The molecule has 2 aliphatic heterocycles. The number of nitrogens with zero attached hydrogens (tertiary/aromatic N) is 5. The molecule has 0 radical (unpaired) electrons. The average molecular weight is 756 g/mol. The summed E-state index contributed by atoms with van der Waals surface area (Å²) in [5.74, 6) is -1.73. The maximum Gasteiger partial charge on any atom is 0.274 e. The predicted molar refractivity (Wildman–Crippen MR) is 194 cm³/mol. The minimum Gasteiger partial charge on any atom is -0.472 e. The number of pyridine rings is 1. The molecular formula is C38H41N7O8S. The Morgan fingerprint density at radius 1 is 1.06 bits per heavy atom. The maximum atomic E-state index is 14.6. The van der Waals surface area contributed by atoms with Crippen LogP contribution in [0.25, 0.3) is 21.8 Å². The molecule has 8 rings (SSSR count). The Hall–Kier alpha value is -5.25. The number of fused-ring (bicyclic) bond motifs is 5. The highest BCUT2D eigenvalue weighted by Gasteiger charge is 2.61. The van der Waals surface area contributed by atoms with E-state index in [4.69, 9.17) is 9.26 Å². The first kappa shape index (κ1) is 35.8. The van der Waals surface area contributed by atoms with Crippen LogP contribution in [0.5, 0.6) is 5.88 Å². The van der Waals surface area contributed by atoms with Gasteiger partial charge in [0.05, 0.1) is 23.3 Å². The number of hydrogen-bond acceptors (Lipinski definition) is 12. The van der Waals surface area contributed by atoms with Crippen LogP contribution in [-0.4, -0.2) is 86.9 Å². The van der Waals surface area contributed by atoms with Crippen molar-refractivity contribution >= 4 is 55.3 Å². The number of Topliss-reactive ketones (excluding diaryl/α,β-unsaturated/α-hetero) is 1. The molecule has 54 heavy (non-hydrogen) atoms. The molecule has 2 N–H and O–H groups in total. The summed E-state index contributed by atoms with van der Waals surface area (Å²) in [5.41, 5.74) is -0.813. The van der Waals surface area contributed by atoms with E-state index in [0.717, 1.165) is 23.6 Å². The smallest absolute Gasteiger partial charge is 0.274 e. The second kappa shape index (κ2) is 14.2. The molecule has 2 saturated carbocycles. The van der Waals surface area contributed by atoms with Crippen LogP contribution in [0.15, 0.2) is 59.5 Å². The van der Waals surface area contributed by atoms with Gasteiger partial charge in [0.2, 0.25) is 27.7 Å². The molecule has 0 unspecified atom stereocenters. The van der Waals surface area contributed by atoms with E-state index in [0.29, 0.717) is 55.3 Å². The van der Waals surface area contributed by atoms with Crippen molar-refractivity contribution in [2.45, 2.75) is 94.6 Å². The van der Waals surface area contributed by atoms with Gasteiger partial charge in [-0.15, -0.1) is 0 Å². The van der Waals surface area contributed by atoms with Crippen molar-refractivity contribution < 1.29 is 36.9 Å². The largest absolute Gasteiger partial charge is 0.472 e. The Kier molecular flexibility index (Phi) is 9.40. The number of allylic oxidation sites excluding steroid dienone is 2. The molecular weight excluding hydrogens is 715 g/mol. The fraction of sp³-hybridized carbons (Fsp3) is 0.474. The molecule has 0 bridgehead atoms. The minimum atomic E-state index is -3.86. The van der Waals surface area contributed by atoms with Crippen LogP contribution in [-0.2, 0) is 24.4 Å². The number of carbonyl (C=O) groups excluding carboxylic acids is 4. The number of benzene rings is 1. The number of hydrogen-bond donors (Lipinski definition) is 2. The average Bonchev–Trinajstić information content (AvgIpc) is 4.05. The first-order valence-corrected chi connectivity index (χ1v) is 20.0. The van der Waals surface area contributed by atoms with Crippen LogP contribution in [0, 0.1) is 18.3 Å². The molecule has 3 fully saturated rings. The zero-order chi connectivity index (χ0) is 37.6. The molecule has 3 amide bonds. The van der Waals surface area contributed by atoms with E-state index in [-0.39, 0.29) is 42.7 Å². The molecule has 2 aliphatic carbocycles. The topological polar surface area (TPSA) is 204 Å². The number of rotatable bonds is 7. The van der Waals surface area contributed by atoms with Crippen LogP contribution in [0.4, 0.5) is 0 Å². The summed E-state index contributed by atoms with van der Waals surface area (Å²) in [5, 5.41) is 8.31. The van der Waals surface area contributed by atoms with E-state index < -0.39 is 56.6 Å². The molecule has 4 aromatic rings. The van der Waals surface area contributed by atoms with Gasteiger partial charge in [0, 0.05) is 35.9 Å². The third kappa shape index (κ3) is 7.06. The quantitative estimate of drug-likeness (QED) is 0.205. The third-order valence-electron chi connectivity index (χ3n) is 11.0. The standard InChI is InChI=1S/C38H41N7O8S/c1-22-15-30(43-53-22)34(47)41-29-12-6-4-2-3-5-9-23-17-38(23,37(49)44-54(50,51)25-13-14-25)18-32(46)31-16-24(20-45(31)36(29)48)52-35-27-11-8-7-10-26(27)28-19-39-21-40-33(28)42-35/h5,7-11,15,19,21,23-25,29,31H,2-4,6,12-14,16-18,20H2,1H3,(H,41,47)(H,44,49)/b9-5-/t23-,24-,29+,31+,38-/m1/s1. The molecule has 1 saturated heterocycles. The van der Waals surface area contributed by atoms with Crippen LogP contribution < -0.4 is 14.8 Å².